The Morgan fingerprint density at radius 1 is 1.37 bits per heavy atom. The van der Waals surface area contributed by atoms with Gasteiger partial charge < -0.3 is 11.1 Å². The van der Waals surface area contributed by atoms with Crippen molar-refractivity contribution in [2.24, 2.45) is 11.8 Å². The first-order valence-electron chi connectivity index (χ1n) is 6.90. The van der Waals surface area contributed by atoms with E-state index in [1.807, 2.05) is 0 Å². The molecule has 104 valence electrons. The predicted molar refractivity (Wildman–Crippen MR) is 79.3 cm³/mol. The summed E-state index contributed by atoms with van der Waals surface area (Å²) in [4.78, 5) is 12.1. The highest BCUT2D eigenvalue weighted by molar-refractivity contribution is 6.34. The number of hydrogen-bond donors (Lipinski definition) is 2. The summed E-state index contributed by atoms with van der Waals surface area (Å²) in [5.41, 5.74) is 6.63. The molecule has 0 spiro atoms. The number of carbonyl (C=O) groups excluding carboxylic acids is 1. The maximum absolute atomic E-state index is 12.1. The number of anilines is 1. The molecule has 0 atom stereocenters. The van der Waals surface area contributed by atoms with Crippen LogP contribution in [0.4, 0.5) is 5.69 Å². The first-order chi connectivity index (χ1) is 9.08. The van der Waals surface area contributed by atoms with Crippen LogP contribution in [0.15, 0.2) is 18.2 Å². The maximum atomic E-state index is 12.1. The van der Waals surface area contributed by atoms with Gasteiger partial charge in [0.25, 0.3) is 5.91 Å². The van der Waals surface area contributed by atoms with Crippen LogP contribution in [0.5, 0.6) is 0 Å². The third-order valence-corrected chi connectivity index (χ3v) is 4.27. The lowest BCUT2D eigenvalue weighted by molar-refractivity contribution is 0.0943. The third kappa shape index (κ3) is 3.63. The van der Waals surface area contributed by atoms with Crippen molar-refractivity contribution in [3.63, 3.8) is 0 Å². The van der Waals surface area contributed by atoms with E-state index in [4.69, 9.17) is 17.3 Å². The molecule has 3 N–H and O–H groups in total. The molecule has 4 heteroatoms. The summed E-state index contributed by atoms with van der Waals surface area (Å²) < 4.78 is 0. The van der Waals surface area contributed by atoms with E-state index < -0.39 is 0 Å². The molecule has 0 heterocycles. The minimum atomic E-state index is -0.165. The number of amides is 1. The molecular weight excluding hydrogens is 260 g/mol. The topological polar surface area (TPSA) is 55.1 Å². The highest BCUT2D eigenvalue weighted by atomic mass is 35.5. The maximum Gasteiger partial charge on any atom is 0.254 e. The van der Waals surface area contributed by atoms with Gasteiger partial charge in [-0.05, 0) is 36.8 Å². The molecule has 0 bridgehead atoms. The molecular formula is C15H21ClN2O. The van der Waals surface area contributed by atoms with Gasteiger partial charge in [0.2, 0.25) is 0 Å². The van der Waals surface area contributed by atoms with Crippen LogP contribution < -0.4 is 11.1 Å². The minimum absolute atomic E-state index is 0.165. The van der Waals surface area contributed by atoms with Crippen molar-refractivity contribution in [2.75, 3.05) is 12.3 Å². The summed E-state index contributed by atoms with van der Waals surface area (Å²) in [7, 11) is 0. The summed E-state index contributed by atoms with van der Waals surface area (Å²) in [5, 5.41) is 3.37. The number of hydrogen-bond acceptors (Lipinski definition) is 2. The standard InChI is InChI=1S/C15H21ClN2O/c1-10-5-7-11(8-6-10)9-18-15(19)14-12(16)3-2-4-13(14)17/h2-4,10-11H,5-9,17H2,1H3,(H,18,19). The molecule has 0 radical (unpaired) electrons. The molecule has 0 aliphatic heterocycles. The van der Waals surface area contributed by atoms with Crippen LogP contribution in [0.2, 0.25) is 5.02 Å². The van der Waals surface area contributed by atoms with Crippen LogP contribution in [-0.4, -0.2) is 12.5 Å². The highest BCUT2D eigenvalue weighted by Gasteiger charge is 2.20. The Kier molecular flexibility index (Phi) is 4.70. The fourth-order valence-electron chi connectivity index (χ4n) is 2.64. The van der Waals surface area contributed by atoms with Gasteiger partial charge in [0.1, 0.15) is 0 Å². The van der Waals surface area contributed by atoms with Crippen molar-refractivity contribution >= 4 is 23.2 Å². The number of benzene rings is 1. The summed E-state index contributed by atoms with van der Waals surface area (Å²) in [5.74, 6) is 1.25. The van der Waals surface area contributed by atoms with Crippen LogP contribution in [0, 0.1) is 11.8 Å². The molecule has 1 amide bonds. The number of nitrogen functional groups attached to an aromatic ring is 1. The average Bonchev–Trinajstić information content (AvgIpc) is 2.38. The second kappa shape index (κ2) is 6.29. The van der Waals surface area contributed by atoms with Crippen LogP contribution >= 0.6 is 11.6 Å². The molecule has 1 aromatic rings. The van der Waals surface area contributed by atoms with Crippen LogP contribution in [0.25, 0.3) is 0 Å². The van der Waals surface area contributed by atoms with Crippen LogP contribution in [0.3, 0.4) is 0 Å². The van der Waals surface area contributed by atoms with Gasteiger partial charge in [-0.2, -0.15) is 0 Å². The van der Waals surface area contributed by atoms with Crippen LogP contribution in [-0.2, 0) is 0 Å². The Balaban J connectivity index is 1.91. The van der Waals surface area contributed by atoms with E-state index in [2.05, 4.69) is 12.2 Å². The molecule has 19 heavy (non-hydrogen) atoms. The number of rotatable bonds is 3. The van der Waals surface area contributed by atoms with Gasteiger partial charge >= 0.3 is 0 Å². The van der Waals surface area contributed by atoms with Crippen molar-refractivity contribution in [1.82, 2.24) is 5.32 Å². The van der Waals surface area contributed by atoms with Gasteiger partial charge in [-0.15, -0.1) is 0 Å². The largest absolute Gasteiger partial charge is 0.398 e. The number of halogens is 1. The van der Waals surface area contributed by atoms with E-state index >= 15 is 0 Å². The molecule has 1 saturated carbocycles. The summed E-state index contributed by atoms with van der Waals surface area (Å²) in [6.07, 6.45) is 4.91. The summed E-state index contributed by atoms with van der Waals surface area (Å²) in [6.45, 7) is 3.01. The second-order valence-corrected chi connectivity index (χ2v) is 5.95. The first kappa shape index (κ1) is 14.2. The second-order valence-electron chi connectivity index (χ2n) is 5.54. The Morgan fingerprint density at radius 2 is 2.05 bits per heavy atom. The molecule has 2 rings (SSSR count). The third-order valence-electron chi connectivity index (χ3n) is 3.96. The lowest BCUT2D eigenvalue weighted by Crippen LogP contribution is -2.31. The Labute approximate surface area is 119 Å². The normalized spacial score (nSPS) is 23.1. The molecule has 1 aliphatic rings. The van der Waals surface area contributed by atoms with Gasteiger partial charge in [0, 0.05) is 12.2 Å². The first-order valence-corrected chi connectivity index (χ1v) is 7.28. The van der Waals surface area contributed by atoms with Gasteiger partial charge in [0.05, 0.1) is 10.6 Å². The fourth-order valence-corrected chi connectivity index (χ4v) is 2.91. The van der Waals surface area contributed by atoms with Gasteiger partial charge in [-0.3, -0.25) is 4.79 Å². The van der Waals surface area contributed by atoms with Crippen molar-refractivity contribution in [2.45, 2.75) is 32.6 Å². The quantitative estimate of drug-likeness (QED) is 0.833. The Hall–Kier alpha value is -1.22. The van der Waals surface area contributed by atoms with E-state index in [-0.39, 0.29) is 5.91 Å². The van der Waals surface area contributed by atoms with Crippen molar-refractivity contribution in [3.05, 3.63) is 28.8 Å². The zero-order chi connectivity index (χ0) is 13.8. The number of nitrogens with two attached hydrogens (primary N) is 1. The SMILES string of the molecule is CC1CCC(CNC(=O)c2c(N)cccc2Cl)CC1. The zero-order valence-corrected chi connectivity index (χ0v) is 12.0. The molecule has 1 aliphatic carbocycles. The Bertz CT molecular complexity index is 433. The van der Waals surface area contributed by atoms with Crippen molar-refractivity contribution in [3.8, 4) is 0 Å². The fraction of sp³-hybridized carbons (Fsp3) is 0.533. The highest BCUT2D eigenvalue weighted by Crippen LogP contribution is 2.28. The lowest BCUT2D eigenvalue weighted by atomic mass is 9.83. The zero-order valence-electron chi connectivity index (χ0n) is 11.3. The molecule has 1 fully saturated rings. The van der Waals surface area contributed by atoms with Gasteiger partial charge in [0.15, 0.2) is 0 Å². The lowest BCUT2D eigenvalue weighted by Gasteiger charge is -2.26. The molecule has 3 nitrogen and oxygen atoms in total. The van der Waals surface area contributed by atoms with Crippen molar-refractivity contribution < 1.29 is 4.79 Å². The summed E-state index contributed by atoms with van der Waals surface area (Å²) in [6, 6.07) is 5.13. The van der Waals surface area contributed by atoms with E-state index in [0.29, 0.717) is 22.2 Å². The van der Waals surface area contributed by atoms with Gasteiger partial charge in [-0.25, -0.2) is 0 Å². The number of carbonyl (C=O) groups is 1. The predicted octanol–water partition coefficient (Wildman–Crippen LogP) is 3.48. The molecule has 0 aromatic heterocycles. The molecule has 0 unspecified atom stereocenters. The molecule has 1 aromatic carbocycles. The van der Waals surface area contributed by atoms with Crippen molar-refractivity contribution in [1.29, 1.82) is 0 Å². The van der Waals surface area contributed by atoms with Gasteiger partial charge in [-0.1, -0.05) is 37.4 Å². The Morgan fingerprint density at radius 3 is 2.68 bits per heavy atom. The minimum Gasteiger partial charge on any atom is -0.398 e. The van der Waals surface area contributed by atoms with E-state index in [1.165, 1.54) is 25.7 Å². The average molecular weight is 281 g/mol. The smallest absolute Gasteiger partial charge is 0.254 e. The number of nitrogens with one attached hydrogen (secondary N) is 1. The van der Waals surface area contributed by atoms with E-state index in [1.54, 1.807) is 18.2 Å². The van der Waals surface area contributed by atoms with Crippen LogP contribution in [0.1, 0.15) is 43.0 Å². The van der Waals surface area contributed by atoms with E-state index in [9.17, 15) is 4.79 Å². The van der Waals surface area contributed by atoms with E-state index in [0.717, 1.165) is 12.5 Å². The monoisotopic (exact) mass is 280 g/mol. The summed E-state index contributed by atoms with van der Waals surface area (Å²) >= 11 is 6.02. The molecule has 0 saturated heterocycles.